The molecule has 0 radical (unpaired) electrons. The molecule has 4 aromatic heterocycles. The lowest BCUT2D eigenvalue weighted by Crippen LogP contribution is -2.30. The van der Waals surface area contributed by atoms with Crippen molar-refractivity contribution >= 4 is 103 Å². The Hall–Kier alpha value is -11.5. The minimum absolute atomic E-state index is 0.0247. The molecule has 0 aliphatic heterocycles. The molecule has 0 bridgehead atoms. The summed E-state index contributed by atoms with van der Waals surface area (Å²) in [5, 5.41) is 44.5. The van der Waals surface area contributed by atoms with Gasteiger partial charge in [-0.25, -0.2) is 0 Å². The summed E-state index contributed by atoms with van der Waals surface area (Å²) in [5.74, 6) is 2.69. The number of benzene rings is 13. The zero-order chi connectivity index (χ0) is 88.5. The van der Waals surface area contributed by atoms with Crippen LogP contribution in [0.1, 0.15) is 167 Å². The van der Waals surface area contributed by atoms with E-state index in [0.29, 0.717) is 30.3 Å². The van der Waals surface area contributed by atoms with Crippen molar-refractivity contribution in [3.05, 3.63) is 312 Å². The van der Waals surface area contributed by atoms with Gasteiger partial charge >= 0.3 is 0 Å². The van der Waals surface area contributed by atoms with Crippen LogP contribution in [0.3, 0.4) is 0 Å². The minimum atomic E-state index is 0.0247. The van der Waals surface area contributed by atoms with E-state index in [0.717, 1.165) is 113 Å². The standard InChI is InChI=1S/C54H62N4O2.C25H27NO.C24H25NO.C8H9BrO/c1-33-13-17-45-41(25-33)43-29-39(53(5,6)7)15-19-47(43)57(45)49-27-35(3)23-37(51(49)59)31-55(11)21-22-56(12)32-38-24-36(4)28-50(52(38)60)58-46-18-14-34(2)26-42(46)44-30-40(54(8,9)10)16-20-48(44)58;1-16-7-10-21-19(13-16)20-15-18(25(3,4)5)9-11-22(20)26(21)23-14-17(2)8-12-24(23)27-6;1-15-6-9-20-18(12-15)19-14-17(24(3,4)5)8-10-21(19)25(20)22-13-16(2)7-11-23(22)26;1-6-3-4-8(10-2)7(9)5-6/h13-20,23-30,59-60H,21-22,31-32H2,1-12H3;7-15H,1-6H3;6-14,26H,1-5H3;3-5H,1-2H3. The first-order valence-electron chi connectivity index (χ1n) is 43.1. The molecule has 0 saturated carbocycles. The second-order valence-electron chi connectivity index (χ2n) is 38.7. The smallest absolute Gasteiger partial charge is 0.144 e. The van der Waals surface area contributed by atoms with Gasteiger partial charge in [0.15, 0.2) is 0 Å². The first kappa shape index (κ1) is 87.8. The van der Waals surface area contributed by atoms with Crippen molar-refractivity contribution < 1.29 is 24.8 Å². The largest absolute Gasteiger partial charge is 0.506 e. The Morgan fingerprint density at radius 2 is 0.520 bits per heavy atom. The number of nitrogens with zero attached hydrogens (tertiary/aromatic N) is 6. The highest BCUT2D eigenvalue weighted by Gasteiger charge is 2.27. The zero-order valence-corrected chi connectivity index (χ0v) is 78.5. The number of aromatic hydroxyl groups is 3. The third-order valence-corrected chi connectivity index (χ3v) is 24.9. The van der Waals surface area contributed by atoms with E-state index in [9.17, 15) is 15.3 Å². The molecule has 0 fully saturated rings. The van der Waals surface area contributed by atoms with Crippen LogP contribution in [0.4, 0.5) is 0 Å². The summed E-state index contributed by atoms with van der Waals surface area (Å²) in [7, 11) is 7.63. The number of hydrogen-bond donors (Lipinski definition) is 3. The molecule has 0 spiro atoms. The van der Waals surface area contributed by atoms with Crippen LogP contribution < -0.4 is 9.47 Å². The third-order valence-electron chi connectivity index (χ3n) is 24.3. The molecule has 3 N–H and O–H groups in total. The highest BCUT2D eigenvalue weighted by Crippen LogP contribution is 2.45. The lowest BCUT2D eigenvalue weighted by atomic mass is 9.86. The second kappa shape index (κ2) is 34.3. The average Bonchev–Trinajstić information content (AvgIpc) is 1.55. The van der Waals surface area contributed by atoms with Crippen molar-refractivity contribution in [2.45, 2.75) is 180 Å². The number of ether oxygens (including phenoxy) is 2. The van der Waals surface area contributed by atoms with Gasteiger partial charge in [-0.2, -0.15) is 0 Å². The number of likely N-dealkylation sites (N-methyl/N-ethyl adjacent to an activating group) is 2. The van der Waals surface area contributed by atoms with Crippen LogP contribution in [0.15, 0.2) is 229 Å². The fourth-order valence-electron chi connectivity index (χ4n) is 17.3. The molecule has 0 amide bonds. The number of aromatic nitrogens is 4. The summed E-state index contributed by atoms with van der Waals surface area (Å²) in [6.45, 7) is 48.8. The highest BCUT2D eigenvalue weighted by atomic mass is 79.9. The molecule has 11 nitrogen and oxygen atoms in total. The quantitative estimate of drug-likeness (QED) is 0.106. The van der Waals surface area contributed by atoms with Gasteiger partial charge in [-0.1, -0.05) is 184 Å². The molecule has 4 heterocycles. The number of methoxy groups -OCH3 is 2. The van der Waals surface area contributed by atoms with Crippen LogP contribution in [0.2, 0.25) is 0 Å². The van der Waals surface area contributed by atoms with Gasteiger partial charge in [-0.3, -0.25) is 0 Å². The summed E-state index contributed by atoms with van der Waals surface area (Å²) >= 11 is 3.38. The predicted molar refractivity (Wildman–Crippen MR) is 525 cm³/mol. The number of phenols is 3. The molecule has 0 atom stereocenters. The lowest BCUT2D eigenvalue weighted by Gasteiger charge is -2.24. The third kappa shape index (κ3) is 18.0. The Morgan fingerprint density at radius 3 is 0.829 bits per heavy atom. The van der Waals surface area contributed by atoms with Crippen LogP contribution in [-0.2, 0) is 34.7 Å². The Kier molecular flexibility index (Phi) is 24.5. The van der Waals surface area contributed by atoms with Crippen LogP contribution in [0.25, 0.3) is 110 Å². The highest BCUT2D eigenvalue weighted by molar-refractivity contribution is 9.10. The molecule has 0 unspecified atom stereocenters. The van der Waals surface area contributed by atoms with Crippen LogP contribution in [-0.4, -0.2) is 84.8 Å². The Bertz CT molecular complexity index is 6710. The van der Waals surface area contributed by atoms with Gasteiger partial charge in [0.2, 0.25) is 0 Å². The number of halogens is 1. The summed E-state index contributed by atoms with van der Waals surface area (Å²) in [4.78, 5) is 4.54. The summed E-state index contributed by atoms with van der Waals surface area (Å²) in [5.41, 5.74) is 30.7. The van der Waals surface area contributed by atoms with Gasteiger partial charge in [-0.05, 0) is 310 Å². The number of phenolic OH excluding ortho intramolecular Hbond substituents is 3. The molecular weight excluding hydrogens is 1580 g/mol. The van der Waals surface area contributed by atoms with E-state index >= 15 is 0 Å². The first-order valence-corrected chi connectivity index (χ1v) is 43.9. The van der Waals surface area contributed by atoms with Crippen LogP contribution >= 0.6 is 15.9 Å². The monoisotopic (exact) mass is 1700 g/mol. The zero-order valence-electron chi connectivity index (χ0n) is 76.9. The van der Waals surface area contributed by atoms with E-state index in [1.54, 1.807) is 20.3 Å². The summed E-state index contributed by atoms with van der Waals surface area (Å²) in [6, 6.07) is 80.1. The van der Waals surface area contributed by atoms with Gasteiger partial charge in [0.05, 0.1) is 85.6 Å². The van der Waals surface area contributed by atoms with E-state index in [1.165, 1.54) is 110 Å². The second-order valence-corrected chi connectivity index (χ2v) is 39.6. The molecule has 634 valence electrons. The Labute approximate surface area is 736 Å². The maximum atomic E-state index is 12.0. The topological polar surface area (TPSA) is 105 Å². The number of fused-ring (bicyclic) bond motifs is 12. The normalized spacial score (nSPS) is 12.2. The van der Waals surface area contributed by atoms with Crippen molar-refractivity contribution in [1.29, 1.82) is 0 Å². The van der Waals surface area contributed by atoms with Crippen molar-refractivity contribution in [3.8, 4) is 51.5 Å². The van der Waals surface area contributed by atoms with Crippen molar-refractivity contribution in [2.24, 2.45) is 0 Å². The van der Waals surface area contributed by atoms with E-state index in [4.69, 9.17) is 9.47 Å². The number of hydrogen-bond acceptors (Lipinski definition) is 7. The fraction of sp³-hybridized carbons (Fsp3) is 0.297. The molecule has 0 aliphatic carbocycles. The Morgan fingerprint density at radius 1 is 0.276 bits per heavy atom. The average molecular weight is 1700 g/mol. The number of rotatable bonds is 13. The van der Waals surface area contributed by atoms with Gasteiger partial charge < -0.3 is 52.9 Å². The first-order chi connectivity index (χ1) is 58.1. The lowest BCUT2D eigenvalue weighted by molar-refractivity contribution is 0.243. The Balaban J connectivity index is 0.000000160. The maximum Gasteiger partial charge on any atom is 0.144 e. The van der Waals surface area contributed by atoms with Gasteiger partial charge in [0, 0.05) is 80.4 Å². The summed E-state index contributed by atoms with van der Waals surface area (Å²) < 4.78 is 20.8. The SMILES string of the molecule is COc1ccc(C)cc1-n1c2ccc(C)cc2c2cc(C(C)(C)C)ccc21.COc1ccc(C)cc1Br.Cc1cc(CN(C)CCN(C)Cc2cc(C)cc(-n3c4ccc(C)cc4c4cc(C(C)(C)C)ccc43)c2O)c(O)c(-n2c3ccc(C)cc3c3cc(C(C)(C)C)ccc32)c1.Cc1ccc(O)c(-n2c3ccc(C)cc3c3cc(C(C)(C)C)ccc32)c1. The minimum Gasteiger partial charge on any atom is -0.506 e. The van der Waals surface area contributed by atoms with E-state index in [-0.39, 0.29) is 21.7 Å². The predicted octanol–water partition coefficient (Wildman–Crippen LogP) is 28.6. The molecule has 0 saturated heterocycles. The van der Waals surface area contributed by atoms with Crippen LogP contribution in [0, 0.1) is 62.3 Å². The molecule has 17 aromatic rings. The van der Waals surface area contributed by atoms with Gasteiger partial charge in [-0.15, -0.1) is 0 Å². The molecule has 123 heavy (non-hydrogen) atoms. The van der Waals surface area contributed by atoms with Crippen LogP contribution in [0.5, 0.6) is 28.7 Å². The fourth-order valence-corrected chi connectivity index (χ4v) is 18.0. The molecule has 12 heteroatoms. The summed E-state index contributed by atoms with van der Waals surface area (Å²) in [6.07, 6.45) is 0. The number of aryl methyl sites for hydroxylation is 9. The van der Waals surface area contributed by atoms with Crippen molar-refractivity contribution in [3.63, 3.8) is 0 Å². The molecule has 0 aliphatic rings. The van der Waals surface area contributed by atoms with Crippen molar-refractivity contribution in [2.75, 3.05) is 41.4 Å². The van der Waals surface area contributed by atoms with E-state index < -0.39 is 0 Å². The van der Waals surface area contributed by atoms with Gasteiger partial charge in [0.25, 0.3) is 0 Å². The van der Waals surface area contributed by atoms with Crippen molar-refractivity contribution in [1.82, 2.24) is 28.1 Å². The molecule has 13 aromatic carbocycles. The molecule has 17 rings (SSSR count). The molecular formula is C111H123BrN6O5. The van der Waals surface area contributed by atoms with Gasteiger partial charge in [0.1, 0.15) is 28.7 Å². The maximum absolute atomic E-state index is 12.0. The van der Waals surface area contributed by atoms with E-state index in [1.807, 2.05) is 37.3 Å². The van der Waals surface area contributed by atoms with E-state index in [2.05, 4.69) is 385 Å².